The molecule has 1 aromatic carbocycles. The number of hydrogen-bond donors (Lipinski definition) is 2. The van der Waals surface area contributed by atoms with Crippen LogP contribution in [-0.4, -0.2) is 40.1 Å². The Kier molecular flexibility index (Phi) is 3.79. The normalized spacial score (nSPS) is 11.4. The molecule has 148 valence electrons. The van der Waals surface area contributed by atoms with Crippen molar-refractivity contribution in [1.82, 2.24) is 40.1 Å². The van der Waals surface area contributed by atoms with E-state index in [9.17, 15) is 0 Å². The van der Waals surface area contributed by atoms with E-state index in [0.717, 1.165) is 22.2 Å². The van der Waals surface area contributed by atoms with E-state index in [-0.39, 0.29) is 5.69 Å². The molecule has 0 atom stereocenters. The van der Waals surface area contributed by atoms with E-state index in [1.807, 2.05) is 30.3 Å². The Morgan fingerprint density at radius 3 is 2.48 bits per heavy atom. The number of pyridine rings is 2. The average molecular weight is 408 g/mol. The lowest BCUT2D eigenvalue weighted by Crippen LogP contribution is -1.93. The first-order chi connectivity index (χ1) is 15.3. The molecule has 0 amide bonds. The van der Waals surface area contributed by atoms with Crippen LogP contribution in [0.15, 0.2) is 67.6 Å². The molecule has 0 unspecified atom stereocenters. The lowest BCUT2D eigenvalue weighted by atomic mass is 10.1. The van der Waals surface area contributed by atoms with Crippen LogP contribution in [0.4, 0.5) is 4.39 Å². The monoisotopic (exact) mass is 408 g/mol. The van der Waals surface area contributed by atoms with E-state index in [4.69, 9.17) is 4.98 Å². The predicted molar refractivity (Wildman–Crippen MR) is 113 cm³/mol. The van der Waals surface area contributed by atoms with Crippen LogP contribution in [-0.2, 0) is 0 Å². The SMILES string of the molecule is Fc1c(-c2cncnc2)ncc2[nH]nc(-c3nc4c(-c5ccncc5)cccc4[nH]3)c12. The smallest absolute Gasteiger partial charge is 0.161 e. The van der Waals surface area contributed by atoms with Gasteiger partial charge in [-0.3, -0.25) is 15.1 Å². The molecule has 0 radical (unpaired) electrons. The number of nitrogens with zero attached hydrogens (tertiary/aromatic N) is 6. The van der Waals surface area contributed by atoms with Gasteiger partial charge in [-0.05, 0) is 23.8 Å². The zero-order valence-electron chi connectivity index (χ0n) is 15.9. The summed E-state index contributed by atoms with van der Waals surface area (Å²) in [6.45, 7) is 0. The maximum atomic E-state index is 15.5. The minimum absolute atomic E-state index is 0.157. The lowest BCUT2D eigenvalue weighted by molar-refractivity contribution is 0.638. The minimum atomic E-state index is -0.508. The average Bonchev–Trinajstić information content (AvgIpc) is 3.45. The van der Waals surface area contributed by atoms with Gasteiger partial charge in [0.25, 0.3) is 0 Å². The van der Waals surface area contributed by atoms with Gasteiger partial charge in [0.2, 0.25) is 0 Å². The number of halogens is 1. The Labute approximate surface area is 174 Å². The Balaban J connectivity index is 1.56. The van der Waals surface area contributed by atoms with Gasteiger partial charge in [0.15, 0.2) is 11.6 Å². The summed E-state index contributed by atoms with van der Waals surface area (Å²) in [5, 5.41) is 7.47. The van der Waals surface area contributed by atoms with E-state index >= 15 is 4.39 Å². The minimum Gasteiger partial charge on any atom is -0.337 e. The number of fused-ring (bicyclic) bond motifs is 2. The number of imidazole rings is 1. The zero-order valence-corrected chi connectivity index (χ0v) is 15.9. The summed E-state index contributed by atoms with van der Waals surface area (Å²) in [5.74, 6) is -0.0472. The summed E-state index contributed by atoms with van der Waals surface area (Å²) in [6, 6.07) is 9.71. The van der Waals surface area contributed by atoms with Crippen molar-refractivity contribution >= 4 is 21.9 Å². The molecule has 5 heterocycles. The third-order valence-corrected chi connectivity index (χ3v) is 5.11. The molecule has 0 aliphatic heterocycles. The highest BCUT2D eigenvalue weighted by atomic mass is 19.1. The van der Waals surface area contributed by atoms with Gasteiger partial charge >= 0.3 is 0 Å². The molecule has 6 rings (SSSR count). The Hall–Kier alpha value is -4.53. The molecule has 0 fully saturated rings. The van der Waals surface area contributed by atoms with Gasteiger partial charge in [-0.2, -0.15) is 5.10 Å². The number of aromatic amines is 2. The number of rotatable bonds is 3. The van der Waals surface area contributed by atoms with Crippen molar-refractivity contribution in [2.75, 3.05) is 0 Å². The third kappa shape index (κ3) is 2.75. The third-order valence-electron chi connectivity index (χ3n) is 5.11. The van der Waals surface area contributed by atoms with E-state index in [2.05, 4.69) is 35.1 Å². The topological polar surface area (TPSA) is 109 Å². The van der Waals surface area contributed by atoms with Crippen LogP contribution in [0.2, 0.25) is 0 Å². The molecule has 2 N–H and O–H groups in total. The number of nitrogens with one attached hydrogen (secondary N) is 2. The van der Waals surface area contributed by atoms with Crippen LogP contribution < -0.4 is 0 Å². The first-order valence-electron chi connectivity index (χ1n) is 9.47. The van der Waals surface area contributed by atoms with E-state index in [1.54, 1.807) is 18.6 Å². The first-order valence-corrected chi connectivity index (χ1v) is 9.47. The van der Waals surface area contributed by atoms with Crippen LogP contribution in [0.5, 0.6) is 0 Å². The number of hydrogen-bond acceptors (Lipinski definition) is 6. The second-order valence-corrected chi connectivity index (χ2v) is 6.93. The molecular weight excluding hydrogens is 395 g/mol. The number of H-pyrrole nitrogens is 2. The maximum absolute atomic E-state index is 15.5. The molecule has 6 aromatic rings. The van der Waals surface area contributed by atoms with Crippen molar-refractivity contribution in [1.29, 1.82) is 0 Å². The summed E-state index contributed by atoms with van der Waals surface area (Å²) >= 11 is 0. The van der Waals surface area contributed by atoms with Crippen molar-refractivity contribution in [2.24, 2.45) is 0 Å². The Bertz CT molecular complexity index is 1540. The van der Waals surface area contributed by atoms with Crippen LogP contribution in [0.1, 0.15) is 0 Å². The standard InChI is InChI=1S/C22H13FN8/c23-18-17-16(10-27-19(18)13-8-25-11-26-9-13)30-31-21(17)22-28-15-3-1-2-14(20(15)29-22)12-4-6-24-7-5-12/h1-11H,(H,28,29)(H,30,31). The van der Waals surface area contributed by atoms with Crippen LogP contribution in [0, 0.1) is 5.82 Å². The molecule has 9 heteroatoms. The van der Waals surface area contributed by atoms with Gasteiger partial charge < -0.3 is 4.98 Å². The lowest BCUT2D eigenvalue weighted by Gasteiger charge is -2.03. The Morgan fingerprint density at radius 1 is 0.806 bits per heavy atom. The van der Waals surface area contributed by atoms with E-state index < -0.39 is 5.82 Å². The van der Waals surface area contributed by atoms with Gasteiger partial charge in [-0.25, -0.2) is 19.3 Å². The summed E-state index contributed by atoms with van der Waals surface area (Å²) in [4.78, 5) is 24.2. The van der Waals surface area contributed by atoms with Crippen molar-refractivity contribution < 1.29 is 4.39 Å². The molecule has 0 saturated carbocycles. The van der Waals surface area contributed by atoms with Crippen LogP contribution in [0.3, 0.4) is 0 Å². The summed E-state index contributed by atoms with van der Waals surface area (Å²) in [7, 11) is 0. The fourth-order valence-electron chi connectivity index (χ4n) is 3.68. The number of para-hydroxylation sites is 1. The van der Waals surface area contributed by atoms with Crippen molar-refractivity contribution in [3.05, 3.63) is 73.5 Å². The molecule has 0 aliphatic rings. The highest BCUT2D eigenvalue weighted by Crippen LogP contribution is 2.34. The van der Waals surface area contributed by atoms with Crippen molar-refractivity contribution in [3.63, 3.8) is 0 Å². The Morgan fingerprint density at radius 2 is 1.65 bits per heavy atom. The van der Waals surface area contributed by atoms with Gasteiger partial charge in [0.1, 0.15) is 17.7 Å². The fourth-order valence-corrected chi connectivity index (χ4v) is 3.68. The predicted octanol–water partition coefficient (Wildman–Crippen LogP) is 4.16. The van der Waals surface area contributed by atoms with Crippen molar-refractivity contribution in [3.8, 4) is 33.9 Å². The van der Waals surface area contributed by atoms with Crippen molar-refractivity contribution in [2.45, 2.75) is 0 Å². The zero-order chi connectivity index (χ0) is 20.8. The number of benzene rings is 1. The molecule has 5 aromatic heterocycles. The molecule has 0 spiro atoms. The fraction of sp³-hybridized carbons (Fsp3) is 0. The summed E-state index contributed by atoms with van der Waals surface area (Å²) < 4.78 is 15.5. The largest absolute Gasteiger partial charge is 0.337 e. The van der Waals surface area contributed by atoms with Crippen LogP contribution in [0.25, 0.3) is 55.8 Å². The highest BCUT2D eigenvalue weighted by Gasteiger charge is 2.21. The molecule has 8 nitrogen and oxygen atoms in total. The number of aromatic nitrogens is 8. The molecule has 0 bridgehead atoms. The second-order valence-electron chi connectivity index (χ2n) is 6.93. The van der Waals surface area contributed by atoms with E-state index in [0.29, 0.717) is 28.0 Å². The van der Waals surface area contributed by atoms with E-state index in [1.165, 1.54) is 18.7 Å². The van der Waals surface area contributed by atoms with Gasteiger partial charge in [0.05, 0.1) is 28.1 Å². The first kappa shape index (κ1) is 17.3. The van der Waals surface area contributed by atoms with Gasteiger partial charge in [-0.15, -0.1) is 0 Å². The molecule has 31 heavy (non-hydrogen) atoms. The second kappa shape index (κ2) is 6.77. The maximum Gasteiger partial charge on any atom is 0.161 e. The van der Waals surface area contributed by atoms with Gasteiger partial charge in [0, 0.05) is 35.9 Å². The summed E-state index contributed by atoms with van der Waals surface area (Å²) in [5.41, 5.74) is 5.03. The molecule has 0 saturated heterocycles. The highest BCUT2D eigenvalue weighted by molar-refractivity contribution is 5.98. The van der Waals surface area contributed by atoms with Crippen LogP contribution >= 0.6 is 0 Å². The summed E-state index contributed by atoms with van der Waals surface area (Å²) in [6.07, 6.45) is 9.44. The molecular formula is C22H13FN8. The van der Waals surface area contributed by atoms with Gasteiger partial charge in [-0.1, -0.05) is 12.1 Å². The molecule has 0 aliphatic carbocycles. The quantitative estimate of drug-likeness (QED) is 0.455.